The summed E-state index contributed by atoms with van der Waals surface area (Å²) >= 11 is 0. The van der Waals surface area contributed by atoms with Gasteiger partial charge in [0, 0.05) is 18.3 Å². The van der Waals surface area contributed by atoms with Crippen molar-refractivity contribution in [1.29, 1.82) is 0 Å². The fraction of sp³-hybridized carbons (Fsp3) is 0.684. The van der Waals surface area contributed by atoms with Gasteiger partial charge in [-0.15, -0.1) is 0 Å². The van der Waals surface area contributed by atoms with E-state index in [0.717, 1.165) is 19.0 Å². The zero-order chi connectivity index (χ0) is 15.2. The molecule has 21 heavy (non-hydrogen) atoms. The highest BCUT2D eigenvalue weighted by Crippen LogP contribution is 2.37. The zero-order valence-electron chi connectivity index (χ0n) is 14.0. The maximum absolute atomic E-state index is 6.10. The van der Waals surface area contributed by atoms with E-state index in [1.807, 2.05) is 0 Å². The van der Waals surface area contributed by atoms with E-state index in [1.165, 1.54) is 43.4 Å². The van der Waals surface area contributed by atoms with Gasteiger partial charge in [0.05, 0.1) is 0 Å². The fourth-order valence-corrected chi connectivity index (χ4v) is 4.09. The van der Waals surface area contributed by atoms with Crippen LogP contribution in [0.25, 0.3) is 0 Å². The molecule has 2 rings (SSSR count). The highest BCUT2D eigenvalue weighted by Gasteiger charge is 2.33. The van der Waals surface area contributed by atoms with Gasteiger partial charge in [-0.05, 0) is 63.1 Å². The molecule has 0 heterocycles. The molecule has 2 N–H and O–H groups in total. The Labute approximate surface area is 130 Å². The van der Waals surface area contributed by atoms with Gasteiger partial charge in [0.1, 0.15) is 0 Å². The Balaban J connectivity index is 2.22. The fourth-order valence-electron chi connectivity index (χ4n) is 4.09. The Bertz CT molecular complexity index is 429. The molecular weight excluding hydrogens is 256 g/mol. The molecule has 1 fully saturated rings. The number of hydrogen-bond acceptors (Lipinski definition) is 2. The predicted molar refractivity (Wildman–Crippen MR) is 92.8 cm³/mol. The van der Waals surface area contributed by atoms with E-state index in [0.29, 0.717) is 12.0 Å². The Morgan fingerprint density at radius 3 is 2.57 bits per heavy atom. The van der Waals surface area contributed by atoms with Gasteiger partial charge in [-0.25, -0.2) is 0 Å². The maximum Gasteiger partial charge on any atom is 0.0398 e. The van der Waals surface area contributed by atoms with Crippen molar-refractivity contribution in [3.63, 3.8) is 0 Å². The predicted octanol–water partition coefficient (Wildman–Crippen LogP) is 4.37. The van der Waals surface area contributed by atoms with E-state index in [2.05, 4.69) is 49.9 Å². The van der Waals surface area contributed by atoms with Gasteiger partial charge < -0.3 is 10.6 Å². The first-order chi connectivity index (χ1) is 10.2. The maximum atomic E-state index is 6.10. The number of anilines is 1. The summed E-state index contributed by atoms with van der Waals surface area (Å²) in [7, 11) is 0. The first-order valence-electron chi connectivity index (χ1n) is 8.73. The van der Waals surface area contributed by atoms with Crippen LogP contribution in [0.4, 0.5) is 5.69 Å². The van der Waals surface area contributed by atoms with Crippen molar-refractivity contribution >= 4 is 5.69 Å². The molecule has 2 heteroatoms. The topological polar surface area (TPSA) is 29.3 Å². The summed E-state index contributed by atoms with van der Waals surface area (Å²) in [5.41, 5.74) is 8.88. The van der Waals surface area contributed by atoms with Gasteiger partial charge in [-0.2, -0.15) is 0 Å². The molecule has 0 amide bonds. The van der Waals surface area contributed by atoms with Crippen molar-refractivity contribution in [1.82, 2.24) is 0 Å². The lowest BCUT2D eigenvalue weighted by molar-refractivity contribution is 0.223. The molecule has 0 aromatic heterocycles. The Hall–Kier alpha value is -1.02. The molecule has 1 aromatic rings. The highest BCUT2D eigenvalue weighted by molar-refractivity contribution is 5.54. The van der Waals surface area contributed by atoms with Crippen molar-refractivity contribution in [2.75, 3.05) is 18.0 Å². The molecule has 118 valence electrons. The summed E-state index contributed by atoms with van der Waals surface area (Å²) in [5, 5.41) is 0. The SMILES string of the molecule is CCCC1CCC(CN)C(N(CC)c2ccccc2C)C1. The summed E-state index contributed by atoms with van der Waals surface area (Å²) in [4.78, 5) is 2.62. The van der Waals surface area contributed by atoms with Crippen LogP contribution in [0, 0.1) is 18.8 Å². The summed E-state index contributed by atoms with van der Waals surface area (Å²) in [5.74, 6) is 1.54. The van der Waals surface area contributed by atoms with Crippen molar-refractivity contribution in [2.45, 2.75) is 58.9 Å². The molecule has 0 saturated heterocycles. The van der Waals surface area contributed by atoms with Crippen LogP contribution >= 0.6 is 0 Å². The monoisotopic (exact) mass is 288 g/mol. The van der Waals surface area contributed by atoms with Gasteiger partial charge in [-0.3, -0.25) is 0 Å². The minimum absolute atomic E-state index is 0.617. The highest BCUT2D eigenvalue weighted by atomic mass is 15.2. The average molecular weight is 288 g/mol. The summed E-state index contributed by atoms with van der Waals surface area (Å²) in [6.45, 7) is 8.71. The van der Waals surface area contributed by atoms with Gasteiger partial charge >= 0.3 is 0 Å². The molecule has 0 radical (unpaired) electrons. The van der Waals surface area contributed by atoms with Crippen LogP contribution in [0.15, 0.2) is 24.3 Å². The molecule has 1 aromatic carbocycles. The van der Waals surface area contributed by atoms with Gasteiger partial charge in [-0.1, -0.05) is 38.0 Å². The van der Waals surface area contributed by atoms with E-state index in [-0.39, 0.29) is 0 Å². The summed E-state index contributed by atoms with van der Waals surface area (Å²) in [6.07, 6.45) is 6.67. The van der Waals surface area contributed by atoms with Gasteiger partial charge in [0.25, 0.3) is 0 Å². The van der Waals surface area contributed by atoms with E-state index in [9.17, 15) is 0 Å². The number of rotatable bonds is 6. The van der Waals surface area contributed by atoms with E-state index in [4.69, 9.17) is 5.73 Å². The van der Waals surface area contributed by atoms with Crippen LogP contribution in [-0.2, 0) is 0 Å². The summed E-state index contributed by atoms with van der Waals surface area (Å²) < 4.78 is 0. The van der Waals surface area contributed by atoms with Crippen molar-refractivity contribution < 1.29 is 0 Å². The Kier molecular flexibility index (Phi) is 6.10. The van der Waals surface area contributed by atoms with Crippen LogP contribution in [0.1, 0.15) is 51.5 Å². The minimum Gasteiger partial charge on any atom is -0.368 e. The Morgan fingerprint density at radius 2 is 1.95 bits per heavy atom. The van der Waals surface area contributed by atoms with Crippen LogP contribution in [0.3, 0.4) is 0 Å². The Morgan fingerprint density at radius 1 is 1.19 bits per heavy atom. The van der Waals surface area contributed by atoms with Crippen molar-refractivity contribution in [2.24, 2.45) is 17.6 Å². The second-order valence-corrected chi connectivity index (χ2v) is 6.60. The molecule has 0 aliphatic heterocycles. The molecule has 0 spiro atoms. The molecular formula is C19H32N2. The average Bonchev–Trinajstić information content (AvgIpc) is 2.50. The van der Waals surface area contributed by atoms with Gasteiger partial charge in [0.15, 0.2) is 0 Å². The normalized spacial score (nSPS) is 25.8. The van der Waals surface area contributed by atoms with Crippen LogP contribution in [-0.4, -0.2) is 19.1 Å². The van der Waals surface area contributed by atoms with Crippen LogP contribution in [0.2, 0.25) is 0 Å². The lowest BCUT2D eigenvalue weighted by atomic mass is 9.75. The lowest BCUT2D eigenvalue weighted by Crippen LogP contribution is -2.47. The minimum atomic E-state index is 0.617. The third kappa shape index (κ3) is 3.79. The molecule has 1 saturated carbocycles. The quantitative estimate of drug-likeness (QED) is 0.842. The number of para-hydroxylation sites is 1. The third-order valence-corrected chi connectivity index (χ3v) is 5.23. The standard InChI is InChI=1S/C19H32N2/c1-4-8-16-11-12-17(14-20)19(13-16)21(5-2)18-10-7-6-9-15(18)3/h6-7,9-10,16-17,19H,4-5,8,11-14,20H2,1-3H3. The second kappa shape index (κ2) is 7.84. The number of nitrogens with zero attached hydrogens (tertiary/aromatic N) is 1. The molecule has 2 nitrogen and oxygen atoms in total. The number of hydrogen-bond donors (Lipinski definition) is 1. The summed E-state index contributed by atoms with van der Waals surface area (Å²) in [6, 6.07) is 9.41. The molecule has 1 aliphatic carbocycles. The molecule has 0 bridgehead atoms. The van der Waals surface area contributed by atoms with Crippen LogP contribution < -0.4 is 10.6 Å². The van der Waals surface area contributed by atoms with Crippen molar-refractivity contribution in [3.8, 4) is 0 Å². The van der Waals surface area contributed by atoms with Crippen molar-refractivity contribution in [3.05, 3.63) is 29.8 Å². The second-order valence-electron chi connectivity index (χ2n) is 6.60. The molecule has 3 unspecified atom stereocenters. The lowest BCUT2D eigenvalue weighted by Gasteiger charge is -2.44. The zero-order valence-corrected chi connectivity index (χ0v) is 14.0. The molecule has 3 atom stereocenters. The van der Waals surface area contributed by atoms with E-state index in [1.54, 1.807) is 0 Å². The number of benzene rings is 1. The molecule has 1 aliphatic rings. The smallest absolute Gasteiger partial charge is 0.0398 e. The van der Waals surface area contributed by atoms with Crippen LogP contribution in [0.5, 0.6) is 0 Å². The van der Waals surface area contributed by atoms with Gasteiger partial charge in [0.2, 0.25) is 0 Å². The third-order valence-electron chi connectivity index (χ3n) is 5.23. The first-order valence-corrected chi connectivity index (χ1v) is 8.73. The number of nitrogens with two attached hydrogens (primary N) is 1. The van der Waals surface area contributed by atoms with E-state index < -0.39 is 0 Å². The first kappa shape index (κ1) is 16.4. The number of aryl methyl sites for hydroxylation is 1. The van der Waals surface area contributed by atoms with E-state index >= 15 is 0 Å². The largest absolute Gasteiger partial charge is 0.368 e.